The number of hydrogen-bond acceptors (Lipinski definition) is 6. The Balaban J connectivity index is 1.27. The molecule has 5 aliphatic rings. The molecule has 36 heavy (non-hydrogen) atoms. The Kier molecular flexibility index (Phi) is 6.43. The van der Waals surface area contributed by atoms with Gasteiger partial charge in [-0.15, -0.1) is 6.58 Å². The van der Waals surface area contributed by atoms with Crippen LogP contribution in [0.4, 0.5) is 5.69 Å². The quantitative estimate of drug-likeness (QED) is 0.258. The average Bonchev–Trinajstić information content (AvgIpc) is 3.66. The number of amides is 1. The van der Waals surface area contributed by atoms with E-state index in [9.17, 15) is 9.90 Å². The van der Waals surface area contributed by atoms with E-state index in [0.717, 1.165) is 31.4 Å². The van der Waals surface area contributed by atoms with Gasteiger partial charge in [0.1, 0.15) is 5.75 Å². The zero-order valence-corrected chi connectivity index (χ0v) is 22.4. The number of alkyl halides is 1. The van der Waals surface area contributed by atoms with Gasteiger partial charge in [0.25, 0.3) is 0 Å². The van der Waals surface area contributed by atoms with Gasteiger partial charge < -0.3 is 26.1 Å². The number of hydrogen-bond donors (Lipinski definition) is 4. The van der Waals surface area contributed by atoms with Crippen LogP contribution in [0.15, 0.2) is 43.0 Å². The largest absolute Gasteiger partial charge is 0.506 e. The predicted octanol–water partition coefficient (Wildman–Crippen LogP) is 3.36. The van der Waals surface area contributed by atoms with E-state index in [1.165, 1.54) is 24.0 Å². The first-order chi connectivity index (χ1) is 17.4. The van der Waals surface area contributed by atoms with Gasteiger partial charge in [0.05, 0.1) is 22.6 Å². The third kappa shape index (κ3) is 4.10. The summed E-state index contributed by atoms with van der Waals surface area (Å²) in [4.78, 5) is 16.2. The first-order valence-electron chi connectivity index (χ1n) is 13.5. The molecule has 7 unspecified atom stereocenters. The van der Waals surface area contributed by atoms with Crippen molar-refractivity contribution in [2.75, 3.05) is 18.1 Å². The number of carbonyl (C=O) groups is 1. The summed E-state index contributed by atoms with van der Waals surface area (Å²) in [5, 5.41) is 16.6. The van der Waals surface area contributed by atoms with Gasteiger partial charge in [-0.05, 0) is 62.1 Å². The summed E-state index contributed by atoms with van der Waals surface area (Å²) in [5.41, 5.74) is 13.7. The van der Waals surface area contributed by atoms with Gasteiger partial charge in [0.2, 0.25) is 5.91 Å². The number of anilines is 1. The van der Waals surface area contributed by atoms with E-state index in [2.05, 4.69) is 61.9 Å². The zero-order valence-electron chi connectivity index (χ0n) is 20.8. The van der Waals surface area contributed by atoms with Crippen LogP contribution >= 0.6 is 15.9 Å². The van der Waals surface area contributed by atoms with Crippen LogP contribution in [0.5, 0.6) is 5.75 Å². The molecule has 8 atom stereocenters. The summed E-state index contributed by atoms with van der Waals surface area (Å²) in [7, 11) is 0. The van der Waals surface area contributed by atoms with Crippen LogP contribution in [0, 0.1) is 17.8 Å². The van der Waals surface area contributed by atoms with Crippen molar-refractivity contribution in [1.82, 2.24) is 15.6 Å². The van der Waals surface area contributed by atoms with Gasteiger partial charge in [0.15, 0.2) is 0 Å². The van der Waals surface area contributed by atoms with Crippen LogP contribution in [0.2, 0.25) is 0 Å². The van der Waals surface area contributed by atoms with Gasteiger partial charge in [-0.3, -0.25) is 4.79 Å². The minimum absolute atomic E-state index is 0.00712. The Labute approximate surface area is 222 Å². The molecule has 8 heteroatoms. The van der Waals surface area contributed by atoms with Crippen molar-refractivity contribution in [3.63, 3.8) is 0 Å². The number of piperidine rings is 2. The highest BCUT2D eigenvalue weighted by Crippen LogP contribution is 2.47. The first kappa shape index (κ1) is 24.5. The van der Waals surface area contributed by atoms with Crippen LogP contribution in [0.3, 0.4) is 0 Å². The van der Waals surface area contributed by atoms with Crippen molar-refractivity contribution in [3.8, 4) is 5.75 Å². The van der Waals surface area contributed by atoms with E-state index in [1.807, 2.05) is 12.1 Å². The van der Waals surface area contributed by atoms with Crippen LogP contribution in [-0.2, 0) is 4.79 Å². The number of benzene rings is 1. The fourth-order valence-corrected chi connectivity index (χ4v) is 7.96. The molecular weight excluding hydrogens is 518 g/mol. The van der Waals surface area contributed by atoms with E-state index in [4.69, 9.17) is 5.73 Å². The molecule has 0 spiro atoms. The molecular formula is C28H38BrN5O2. The second-order valence-corrected chi connectivity index (χ2v) is 12.4. The normalized spacial score (nSPS) is 38.4. The minimum atomic E-state index is -0.280. The standard InChI is InChI=1S/C28H38BrN5O2/c1-3-18-26(30)19(14-31-27(18)29)28(36)33-11-10-22-25-20(8-4-15(2)12-23(25)33)32-34(22)21-9-7-17(13-24(21)35)16-5-6-16/h3,7,9,13,16,18-20,22-23,25-27,31-32,35H,1-2,4-6,8,10-12,14,30H2/t18?,19?,20?,22?,23-,25?,26?,27?/m0/s1. The van der Waals surface area contributed by atoms with E-state index in [-0.39, 0.29) is 52.8 Å². The highest BCUT2D eigenvalue weighted by atomic mass is 79.9. The summed E-state index contributed by atoms with van der Waals surface area (Å²) in [6, 6.07) is 6.46. The number of aromatic hydroxyl groups is 1. The van der Waals surface area contributed by atoms with Crippen molar-refractivity contribution in [2.24, 2.45) is 23.5 Å². The summed E-state index contributed by atoms with van der Waals surface area (Å²) in [5.74, 6) is 1.09. The van der Waals surface area contributed by atoms with Gasteiger partial charge in [0, 0.05) is 43.1 Å². The van der Waals surface area contributed by atoms with Crippen molar-refractivity contribution in [2.45, 2.75) is 73.6 Å². The fraction of sp³-hybridized carbons (Fsp3) is 0.607. The molecule has 2 aliphatic carbocycles. The molecule has 7 nitrogen and oxygen atoms in total. The molecule has 3 saturated heterocycles. The minimum Gasteiger partial charge on any atom is -0.506 e. The number of likely N-dealkylation sites (tertiary alicyclic amines) is 1. The Morgan fingerprint density at radius 3 is 2.75 bits per heavy atom. The number of carbonyl (C=O) groups excluding carboxylic acids is 1. The number of hydrazine groups is 1. The third-order valence-electron chi connectivity index (χ3n) is 9.32. The molecule has 0 bridgehead atoms. The number of phenols is 1. The number of nitrogens with two attached hydrogens (primary N) is 1. The Bertz CT molecular complexity index is 1060. The van der Waals surface area contributed by atoms with Crippen LogP contribution in [0.1, 0.15) is 50.0 Å². The van der Waals surface area contributed by atoms with Gasteiger partial charge in [-0.2, -0.15) is 0 Å². The summed E-state index contributed by atoms with van der Waals surface area (Å²) in [6.07, 6.45) is 7.91. The predicted molar refractivity (Wildman–Crippen MR) is 146 cm³/mol. The lowest BCUT2D eigenvalue weighted by Gasteiger charge is -2.47. The van der Waals surface area contributed by atoms with Crippen molar-refractivity contribution < 1.29 is 9.90 Å². The lowest BCUT2D eigenvalue weighted by molar-refractivity contribution is -0.142. The van der Waals surface area contributed by atoms with Crippen LogP contribution in [-0.4, -0.2) is 58.1 Å². The van der Waals surface area contributed by atoms with Crippen LogP contribution < -0.4 is 21.5 Å². The maximum atomic E-state index is 14.0. The lowest BCUT2D eigenvalue weighted by Crippen LogP contribution is -2.63. The SMILES string of the molecule is C=CC1C(Br)NCC(C(=O)N2CCC3C4C(CCC(=C)C[C@@H]42)NN3c2ccc(C3CC3)cc2O)C1N. The zero-order chi connectivity index (χ0) is 25.1. The van der Waals surface area contributed by atoms with E-state index >= 15 is 0 Å². The highest BCUT2D eigenvalue weighted by Gasteiger charge is 2.53. The smallest absolute Gasteiger partial charge is 0.228 e. The number of nitrogens with zero attached hydrogens (tertiary/aromatic N) is 2. The maximum absolute atomic E-state index is 14.0. The van der Waals surface area contributed by atoms with Crippen LogP contribution in [0.25, 0.3) is 0 Å². The Morgan fingerprint density at radius 1 is 1.22 bits per heavy atom. The van der Waals surface area contributed by atoms with Crippen molar-refractivity contribution >= 4 is 27.5 Å². The molecule has 6 rings (SSSR count). The number of halogens is 1. The molecule has 3 heterocycles. The van der Waals surface area contributed by atoms with Gasteiger partial charge >= 0.3 is 0 Å². The summed E-state index contributed by atoms with van der Waals surface area (Å²) < 4.78 is 0. The number of phenolic OH excluding ortho intramolecular Hbond substituents is 1. The molecule has 1 amide bonds. The number of nitrogens with one attached hydrogen (secondary N) is 2. The van der Waals surface area contributed by atoms with Crippen molar-refractivity contribution in [1.29, 1.82) is 0 Å². The van der Waals surface area contributed by atoms with Gasteiger partial charge in [-0.25, -0.2) is 5.43 Å². The molecule has 1 aromatic rings. The monoisotopic (exact) mass is 555 g/mol. The first-order valence-corrected chi connectivity index (χ1v) is 14.4. The van der Waals surface area contributed by atoms with Crippen molar-refractivity contribution in [3.05, 3.63) is 48.6 Å². The second kappa shape index (κ2) is 9.46. The number of rotatable bonds is 4. The Hall–Kier alpha value is -1.87. The lowest BCUT2D eigenvalue weighted by atomic mass is 9.78. The average molecular weight is 557 g/mol. The third-order valence-corrected chi connectivity index (χ3v) is 10.3. The molecule has 1 aromatic carbocycles. The molecule has 3 aliphatic heterocycles. The highest BCUT2D eigenvalue weighted by molar-refractivity contribution is 9.09. The van der Waals surface area contributed by atoms with E-state index in [0.29, 0.717) is 24.8 Å². The molecule has 0 aromatic heterocycles. The molecule has 5 N–H and O–H groups in total. The molecule has 2 saturated carbocycles. The topological polar surface area (TPSA) is 93.9 Å². The maximum Gasteiger partial charge on any atom is 0.228 e. The Morgan fingerprint density at radius 2 is 2.03 bits per heavy atom. The molecule has 5 fully saturated rings. The second-order valence-electron chi connectivity index (χ2n) is 11.5. The molecule has 194 valence electrons. The van der Waals surface area contributed by atoms with E-state index < -0.39 is 0 Å². The molecule has 0 radical (unpaired) electrons. The summed E-state index contributed by atoms with van der Waals surface area (Å²) in [6.45, 7) is 9.55. The van der Waals surface area contributed by atoms with E-state index in [1.54, 1.807) is 0 Å². The summed E-state index contributed by atoms with van der Waals surface area (Å²) >= 11 is 3.64. The van der Waals surface area contributed by atoms with Gasteiger partial charge in [-0.1, -0.05) is 40.2 Å². The fourth-order valence-electron chi connectivity index (χ4n) is 7.21.